The maximum Gasteiger partial charge on any atom is 0.237 e. The van der Waals surface area contributed by atoms with Gasteiger partial charge in [-0.05, 0) is 85.4 Å². The first-order chi connectivity index (χ1) is 18.8. The minimum Gasteiger partial charge on any atom is -0.348 e. The summed E-state index contributed by atoms with van der Waals surface area (Å²) in [6, 6.07) is 18.7. The highest BCUT2D eigenvalue weighted by Crippen LogP contribution is 2.29. The molecule has 4 rings (SSSR count). The Morgan fingerprint density at radius 3 is 2.49 bits per heavy atom. The van der Waals surface area contributed by atoms with Crippen molar-refractivity contribution in [1.82, 2.24) is 20.5 Å². The van der Waals surface area contributed by atoms with Gasteiger partial charge in [-0.2, -0.15) is 0 Å². The molecule has 2 N–H and O–H groups in total. The maximum absolute atomic E-state index is 13.9. The monoisotopic (exact) mass is 528 g/mol. The van der Waals surface area contributed by atoms with Crippen LogP contribution in [0, 0.1) is 11.8 Å². The number of nitrogens with one attached hydrogen (secondary N) is 2. The predicted molar refractivity (Wildman–Crippen MR) is 163 cm³/mol. The molecule has 1 unspecified atom stereocenters. The van der Waals surface area contributed by atoms with E-state index in [0.717, 1.165) is 63.0 Å². The Kier molecular flexibility index (Phi) is 10.5. The van der Waals surface area contributed by atoms with Gasteiger partial charge in [-0.3, -0.25) is 15.1 Å². The number of aryl methyl sites for hydroxylation is 1. The summed E-state index contributed by atoms with van der Waals surface area (Å²) in [5.74, 6) is 1.34. The summed E-state index contributed by atoms with van der Waals surface area (Å²) in [5, 5.41) is 9.53. The summed E-state index contributed by atoms with van der Waals surface area (Å²) in [5.41, 5.74) is 3.58. The van der Waals surface area contributed by atoms with Crippen LogP contribution in [0.5, 0.6) is 0 Å². The van der Waals surface area contributed by atoms with Crippen molar-refractivity contribution >= 4 is 16.7 Å². The highest BCUT2D eigenvalue weighted by molar-refractivity contribution is 5.87. The molecule has 2 aromatic carbocycles. The second-order valence-electron chi connectivity index (χ2n) is 12.2. The number of hydrogen-bond donors (Lipinski definition) is 2. The molecule has 0 bridgehead atoms. The molecular weight excluding hydrogens is 480 g/mol. The van der Waals surface area contributed by atoms with Crippen LogP contribution in [0.3, 0.4) is 0 Å². The van der Waals surface area contributed by atoms with Crippen LogP contribution in [0.15, 0.2) is 60.8 Å². The van der Waals surface area contributed by atoms with Gasteiger partial charge < -0.3 is 10.2 Å². The first-order valence-electron chi connectivity index (χ1n) is 15.0. The number of carbonyl (C=O) groups excluding carboxylic acids is 1. The largest absolute Gasteiger partial charge is 0.348 e. The van der Waals surface area contributed by atoms with Gasteiger partial charge in [0.05, 0.1) is 23.8 Å². The molecule has 0 saturated heterocycles. The van der Waals surface area contributed by atoms with Crippen LogP contribution >= 0.6 is 0 Å². The van der Waals surface area contributed by atoms with Gasteiger partial charge in [0.1, 0.15) is 0 Å². The number of hydrogen-bond acceptors (Lipinski definition) is 4. The van der Waals surface area contributed by atoms with Crippen molar-refractivity contribution in [3.63, 3.8) is 0 Å². The average Bonchev–Trinajstić information content (AvgIpc) is 2.91. The Morgan fingerprint density at radius 1 is 0.974 bits per heavy atom. The van der Waals surface area contributed by atoms with Crippen LogP contribution in [-0.2, 0) is 11.2 Å². The fraction of sp³-hybridized carbons (Fsp3) is 0.529. The molecule has 1 aromatic heterocycles. The SMILES string of the molecule is CC(C)CN(CCC[C@H](N[C@@H]1CCCc2cccnc21)C(=O)NC(C)c1cccc2ccccc12)CC(C)C. The van der Waals surface area contributed by atoms with E-state index < -0.39 is 0 Å². The molecule has 1 amide bonds. The van der Waals surface area contributed by atoms with Crippen molar-refractivity contribution in [3.8, 4) is 0 Å². The summed E-state index contributed by atoms with van der Waals surface area (Å²) >= 11 is 0. The van der Waals surface area contributed by atoms with Gasteiger partial charge in [-0.25, -0.2) is 0 Å². The van der Waals surface area contributed by atoms with E-state index in [2.05, 4.69) is 98.7 Å². The van der Waals surface area contributed by atoms with Crippen molar-refractivity contribution < 1.29 is 4.79 Å². The van der Waals surface area contributed by atoms with Crippen molar-refractivity contribution in [3.05, 3.63) is 77.6 Å². The maximum atomic E-state index is 13.9. The third-order valence-electron chi connectivity index (χ3n) is 7.78. The smallest absolute Gasteiger partial charge is 0.237 e. The van der Waals surface area contributed by atoms with E-state index in [9.17, 15) is 4.79 Å². The Labute approximate surface area is 235 Å². The lowest BCUT2D eigenvalue weighted by Crippen LogP contribution is -2.47. The Balaban J connectivity index is 1.49. The van der Waals surface area contributed by atoms with Gasteiger partial charge in [-0.15, -0.1) is 0 Å². The second-order valence-corrected chi connectivity index (χ2v) is 12.2. The van der Waals surface area contributed by atoms with Crippen LogP contribution < -0.4 is 10.6 Å². The first kappa shape index (κ1) is 29.2. The molecule has 3 aromatic rings. The van der Waals surface area contributed by atoms with Crippen LogP contribution in [-0.4, -0.2) is 41.5 Å². The van der Waals surface area contributed by atoms with Crippen molar-refractivity contribution in [2.75, 3.05) is 19.6 Å². The van der Waals surface area contributed by atoms with Crippen LogP contribution in [0.25, 0.3) is 10.8 Å². The lowest BCUT2D eigenvalue weighted by atomic mass is 9.91. The Morgan fingerprint density at radius 2 is 1.72 bits per heavy atom. The summed E-state index contributed by atoms with van der Waals surface area (Å²) in [6.07, 6.45) is 6.86. The first-order valence-corrected chi connectivity index (χ1v) is 15.0. The zero-order valence-electron chi connectivity index (χ0n) is 24.6. The molecule has 0 aliphatic heterocycles. The molecule has 0 fully saturated rings. The van der Waals surface area contributed by atoms with Gasteiger partial charge >= 0.3 is 0 Å². The van der Waals surface area contributed by atoms with E-state index in [1.54, 1.807) is 0 Å². The second kappa shape index (κ2) is 14.0. The number of rotatable bonds is 13. The highest BCUT2D eigenvalue weighted by Gasteiger charge is 2.28. The summed E-state index contributed by atoms with van der Waals surface area (Å²) < 4.78 is 0. The number of pyridine rings is 1. The van der Waals surface area contributed by atoms with Gasteiger partial charge in [0.15, 0.2) is 0 Å². The minimum absolute atomic E-state index is 0.0805. The number of amides is 1. The fourth-order valence-corrected chi connectivity index (χ4v) is 6.13. The molecule has 0 spiro atoms. The van der Waals surface area contributed by atoms with Gasteiger partial charge in [0.2, 0.25) is 5.91 Å². The summed E-state index contributed by atoms with van der Waals surface area (Å²) in [6.45, 7) is 14.4. The van der Waals surface area contributed by atoms with E-state index in [-0.39, 0.29) is 24.0 Å². The summed E-state index contributed by atoms with van der Waals surface area (Å²) in [7, 11) is 0. The van der Waals surface area contributed by atoms with Crippen LogP contribution in [0.4, 0.5) is 0 Å². The van der Waals surface area contributed by atoms with Crippen molar-refractivity contribution in [2.24, 2.45) is 11.8 Å². The van der Waals surface area contributed by atoms with Gasteiger partial charge in [0, 0.05) is 19.3 Å². The summed E-state index contributed by atoms with van der Waals surface area (Å²) in [4.78, 5) is 21.2. The van der Waals surface area contributed by atoms with Crippen molar-refractivity contribution in [2.45, 2.75) is 84.8 Å². The number of carbonyl (C=O) groups is 1. The molecule has 39 heavy (non-hydrogen) atoms. The van der Waals surface area contributed by atoms with Crippen molar-refractivity contribution in [1.29, 1.82) is 0 Å². The molecule has 5 nitrogen and oxygen atoms in total. The lowest BCUT2D eigenvalue weighted by molar-refractivity contribution is -0.124. The third kappa shape index (κ3) is 8.12. The van der Waals surface area contributed by atoms with Gasteiger partial charge in [-0.1, -0.05) is 76.2 Å². The van der Waals surface area contributed by atoms with E-state index >= 15 is 0 Å². The zero-order valence-corrected chi connectivity index (χ0v) is 24.6. The fourth-order valence-electron chi connectivity index (χ4n) is 6.13. The van der Waals surface area contributed by atoms with Crippen LogP contribution in [0.2, 0.25) is 0 Å². The standard InChI is InChI=1S/C34H48N4O/c1-24(2)22-38(23-25(3)4)21-11-19-32(37-31-18-9-14-28-15-10-20-35-33(28)31)34(39)36-26(5)29-17-8-13-27-12-6-7-16-30(27)29/h6-8,10,12-13,15-17,20,24-26,31-32,37H,9,11,14,18-19,21-23H2,1-5H3,(H,36,39)/t26?,31-,32+/m1/s1. The molecule has 3 atom stereocenters. The zero-order chi connectivity index (χ0) is 27.8. The van der Waals surface area contributed by atoms with E-state index in [1.807, 2.05) is 12.3 Å². The number of nitrogens with zero attached hydrogens (tertiary/aromatic N) is 2. The lowest BCUT2D eigenvalue weighted by Gasteiger charge is -2.31. The predicted octanol–water partition coefficient (Wildman–Crippen LogP) is 6.84. The van der Waals surface area contributed by atoms with Gasteiger partial charge in [0.25, 0.3) is 0 Å². The molecule has 1 aliphatic carbocycles. The molecule has 210 valence electrons. The molecule has 0 saturated carbocycles. The molecule has 1 aliphatic rings. The third-order valence-corrected chi connectivity index (χ3v) is 7.78. The average molecular weight is 529 g/mol. The normalized spacial score (nSPS) is 17.0. The Bertz CT molecular complexity index is 1190. The molecule has 5 heteroatoms. The number of fused-ring (bicyclic) bond motifs is 2. The van der Waals surface area contributed by atoms with E-state index in [0.29, 0.717) is 11.8 Å². The van der Waals surface area contributed by atoms with Crippen LogP contribution in [0.1, 0.15) is 89.2 Å². The highest BCUT2D eigenvalue weighted by atomic mass is 16.2. The quantitative estimate of drug-likeness (QED) is 0.255. The minimum atomic E-state index is -0.264. The number of aromatic nitrogens is 1. The molecule has 1 heterocycles. The number of benzene rings is 2. The van der Waals surface area contributed by atoms with E-state index in [1.165, 1.54) is 16.3 Å². The van der Waals surface area contributed by atoms with E-state index in [4.69, 9.17) is 4.98 Å². The Hall–Kier alpha value is -2.76. The molecule has 0 radical (unpaired) electrons. The molecular formula is C34H48N4O. The topological polar surface area (TPSA) is 57.3 Å².